The van der Waals surface area contributed by atoms with Gasteiger partial charge in [-0.3, -0.25) is 9.59 Å². The average Bonchev–Trinajstić information content (AvgIpc) is 3.85. The van der Waals surface area contributed by atoms with Gasteiger partial charge in [-0.1, -0.05) is 70.7 Å². The standard InChI is InChI=1S/C54H64Cl4N8O8/c1-63-29-45(43-21-37(55)23-49(57)47(43)31-63)33-3-5-35-27-65(51(67)41(35)19-33)9-13-73-17-15-71-11-7-59-53(69)61-39-25-40(26-39)62-54(70)60-8-12-72-16-18-74-14-10-66-28-36-6-4-34(20-42(36)52(66)68)46-30-64(2)32-48-44(46)22-38(56)24-50(48)58/h3-6,19-24,39-40,45-46H,7-18,25-32H2,1-2H3,(H2,59,61,69)(H2,60,62,70). The normalized spacial score (nSPS) is 20.2. The molecule has 9 rings (SSSR count). The van der Waals surface area contributed by atoms with Crippen LogP contribution in [0.5, 0.6) is 0 Å². The van der Waals surface area contributed by atoms with Crippen LogP contribution in [0.1, 0.15) is 89.9 Å². The van der Waals surface area contributed by atoms with Crippen molar-refractivity contribution in [1.29, 1.82) is 0 Å². The van der Waals surface area contributed by atoms with Crippen LogP contribution in [0.25, 0.3) is 0 Å². The minimum Gasteiger partial charge on any atom is -0.377 e. The maximum atomic E-state index is 13.4. The summed E-state index contributed by atoms with van der Waals surface area (Å²) >= 11 is 25.9. The molecule has 74 heavy (non-hydrogen) atoms. The third-order valence-corrected chi connectivity index (χ3v) is 15.6. The fraction of sp³-hybridized carbons (Fsp3) is 0.481. The van der Waals surface area contributed by atoms with Crippen LogP contribution in [-0.2, 0) is 45.1 Å². The van der Waals surface area contributed by atoms with Crippen LogP contribution in [-0.4, -0.2) is 162 Å². The summed E-state index contributed by atoms with van der Waals surface area (Å²) in [5.74, 6) is 0.112. The Morgan fingerprint density at radius 1 is 0.541 bits per heavy atom. The van der Waals surface area contributed by atoms with Gasteiger partial charge >= 0.3 is 12.1 Å². The van der Waals surface area contributed by atoms with Crippen molar-refractivity contribution in [1.82, 2.24) is 40.9 Å². The van der Waals surface area contributed by atoms with Gasteiger partial charge in [-0.15, -0.1) is 0 Å². The van der Waals surface area contributed by atoms with E-state index >= 15 is 0 Å². The predicted octanol–water partition coefficient (Wildman–Crippen LogP) is 7.26. The van der Waals surface area contributed by atoms with Gasteiger partial charge in [0.15, 0.2) is 0 Å². The number of urea groups is 2. The molecule has 6 amide bonds. The van der Waals surface area contributed by atoms with Crippen molar-refractivity contribution in [3.63, 3.8) is 0 Å². The first kappa shape index (κ1) is 54.1. The van der Waals surface area contributed by atoms with E-state index in [1.54, 1.807) is 21.9 Å². The molecule has 4 heterocycles. The number of fused-ring (bicyclic) bond motifs is 4. The summed E-state index contributed by atoms with van der Waals surface area (Å²) in [6.07, 6.45) is 1.26. The van der Waals surface area contributed by atoms with Gasteiger partial charge in [-0.25, -0.2) is 9.59 Å². The molecule has 4 N–H and O–H groups in total. The number of hydrogen-bond acceptors (Lipinski definition) is 10. The quantitative estimate of drug-likeness (QED) is 0.0589. The Hall–Kier alpha value is -4.72. The van der Waals surface area contributed by atoms with Crippen molar-refractivity contribution in [3.05, 3.63) is 136 Å². The lowest BCUT2D eigenvalue weighted by Gasteiger charge is -2.36. The SMILES string of the molecule is CN1Cc2c(Cl)cc(Cl)cc2C(c2ccc3c(c2)C(=O)N(CCOCCOCCNC(=O)NC2CC(NC(=O)NCCOCCOCCN4Cc5ccc(C6CN(C)Cc7c(Cl)cc(Cl)cc76)cc5C4=O)C2)C3)C1. The highest BCUT2D eigenvalue weighted by Crippen LogP contribution is 2.41. The van der Waals surface area contributed by atoms with E-state index in [0.29, 0.717) is 125 Å². The molecule has 1 fully saturated rings. The zero-order valence-corrected chi connectivity index (χ0v) is 44.8. The van der Waals surface area contributed by atoms with Gasteiger partial charge < -0.3 is 59.8 Å². The van der Waals surface area contributed by atoms with Crippen molar-refractivity contribution in [3.8, 4) is 0 Å². The van der Waals surface area contributed by atoms with E-state index < -0.39 is 0 Å². The fourth-order valence-corrected chi connectivity index (χ4v) is 11.7. The highest BCUT2D eigenvalue weighted by molar-refractivity contribution is 6.35. The van der Waals surface area contributed by atoms with Gasteiger partial charge in [-0.2, -0.15) is 0 Å². The molecular weight excluding hydrogens is 1030 g/mol. The molecule has 2 unspecified atom stereocenters. The number of nitrogens with one attached hydrogen (secondary N) is 4. The Morgan fingerprint density at radius 3 is 1.36 bits per heavy atom. The molecule has 0 radical (unpaired) electrons. The molecule has 0 spiro atoms. The largest absolute Gasteiger partial charge is 0.377 e. The molecule has 1 aliphatic carbocycles. The molecule has 16 nitrogen and oxygen atoms in total. The molecule has 1 saturated carbocycles. The van der Waals surface area contributed by atoms with E-state index in [4.69, 9.17) is 65.4 Å². The van der Waals surface area contributed by atoms with Crippen LogP contribution in [0, 0.1) is 0 Å². The average molecular weight is 1090 g/mol. The van der Waals surface area contributed by atoms with Crippen LogP contribution in [0.4, 0.5) is 9.59 Å². The summed E-state index contributed by atoms with van der Waals surface area (Å²) in [6.45, 7) is 8.66. The second-order valence-corrected chi connectivity index (χ2v) is 21.5. The Labute approximate surface area is 452 Å². The first-order chi connectivity index (χ1) is 35.8. The second-order valence-electron chi connectivity index (χ2n) is 19.8. The molecule has 4 aliphatic heterocycles. The summed E-state index contributed by atoms with van der Waals surface area (Å²) in [4.78, 5) is 59.6. The lowest BCUT2D eigenvalue weighted by molar-refractivity contribution is 0.0377. The number of carbonyl (C=O) groups is 4. The van der Waals surface area contributed by atoms with E-state index in [1.165, 1.54) is 0 Å². The molecule has 0 saturated heterocycles. The maximum Gasteiger partial charge on any atom is 0.315 e. The van der Waals surface area contributed by atoms with Crippen LogP contribution < -0.4 is 21.3 Å². The monoisotopic (exact) mass is 1090 g/mol. The first-order valence-electron chi connectivity index (χ1n) is 25.3. The zero-order chi connectivity index (χ0) is 51.9. The fourth-order valence-electron chi connectivity index (χ4n) is 10.6. The summed E-state index contributed by atoms with van der Waals surface area (Å²) in [6, 6.07) is 19.3. The minimum absolute atomic E-state index is 0.00161. The van der Waals surface area contributed by atoms with E-state index in [0.717, 1.165) is 81.8 Å². The summed E-state index contributed by atoms with van der Waals surface area (Å²) in [5.41, 5.74) is 9.97. The number of carbonyl (C=O) groups excluding carboxylic acids is 4. The van der Waals surface area contributed by atoms with E-state index in [9.17, 15) is 19.2 Å². The van der Waals surface area contributed by atoms with Crippen molar-refractivity contribution in [2.24, 2.45) is 0 Å². The number of benzene rings is 4. The number of hydrogen-bond donors (Lipinski definition) is 4. The zero-order valence-electron chi connectivity index (χ0n) is 41.8. The van der Waals surface area contributed by atoms with Crippen LogP contribution >= 0.6 is 46.4 Å². The Kier molecular flexibility index (Phi) is 18.2. The molecule has 396 valence electrons. The van der Waals surface area contributed by atoms with Gasteiger partial charge in [0, 0.05) is 121 Å². The summed E-state index contributed by atoms with van der Waals surface area (Å²) < 4.78 is 22.8. The van der Waals surface area contributed by atoms with Crippen molar-refractivity contribution in [2.45, 2.75) is 62.9 Å². The van der Waals surface area contributed by atoms with Gasteiger partial charge in [0.25, 0.3) is 11.8 Å². The Balaban J connectivity index is 0.555. The molecule has 2 atom stereocenters. The number of likely N-dealkylation sites (N-methyl/N-ethyl adjacent to an activating group) is 2. The molecule has 0 aromatic heterocycles. The topological polar surface area (TPSA) is 166 Å². The lowest BCUT2D eigenvalue weighted by Crippen LogP contribution is -2.57. The highest BCUT2D eigenvalue weighted by atomic mass is 35.5. The van der Waals surface area contributed by atoms with Gasteiger partial charge in [0.05, 0.1) is 52.9 Å². The van der Waals surface area contributed by atoms with E-state index in [-0.39, 0.29) is 47.8 Å². The van der Waals surface area contributed by atoms with Gasteiger partial charge in [0.2, 0.25) is 0 Å². The number of ether oxygens (including phenoxy) is 4. The smallest absolute Gasteiger partial charge is 0.315 e. The maximum absolute atomic E-state index is 13.4. The molecule has 5 aliphatic rings. The van der Waals surface area contributed by atoms with E-state index in [2.05, 4.69) is 69.4 Å². The van der Waals surface area contributed by atoms with Crippen molar-refractivity contribution < 1.29 is 38.1 Å². The highest BCUT2D eigenvalue weighted by Gasteiger charge is 2.34. The third kappa shape index (κ3) is 13.3. The Morgan fingerprint density at radius 2 is 0.946 bits per heavy atom. The molecule has 4 aromatic carbocycles. The number of amides is 6. The molecule has 4 aromatic rings. The first-order valence-corrected chi connectivity index (χ1v) is 26.9. The van der Waals surface area contributed by atoms with Crippen LogP contribution in [0.3, 0.4) is 0 Å². The summed E-state index contributed by atoms with van der Waals surface area (Å²) in [7, 11) is 4.14. The van der Waals surface area contributed by atoms with Gasteiger partial charge in [0.1, 0.15) is 0 Å². The predicted molar refractivity (Wildman–Crippen MR) is 285 cm³/mol. The molecule has 20 heteroatoms. The lowest BCUT2D eigenvalue weighted by atomic mass is 9.84. The van der Waals surface area contributed by atoms with Gasteiger partial charge in [-0.05, 0) is 108 Å². The number of rotatable bonds is 22. The number of nitrogens with zero attached hydrogens (tertiary/aromatic N) is 4. The van der Waals surface area contributed by atoms with Crippen molar-refractivity contribution in [2.75, 3.05) is 106 Å². The minimum atomic E-state index is -0.288. The third-order valence-electron chi connectivity index (χ3n) is 14.4. The summed E-state index contributed by atoms with van der Waals surface area (Å²) in [5, 5.41) is 14.0. The second kappa shape index (κ2) is 25.0. The molecular formula is C54H64Cl4N8O8. The van der Waals surface area contributed by atoms with Crippen LogP contribution in [0.15, 0.2) is 60.7 Å². The van der Waals surface area contributed by atoms with Crippen LogP contribution in [0.2, 0.25) is 20.1 Å². The number of halogens is 4. The van der Waals surface area contributed by atoms with Crippen molar-refractivity contribution >= 4 is 70.3 Å². The van der Waals surface area contributed by atoms with E-state index in [1.807, 2.05) is 24.3 Å². The molecule has 0 bridgehead atoms. The Bertz CT molecular complexity index is 2530.